The minimum atomic E-state index is -0.243. The molecule has 118 valence electrons. The van der Waals surface area contributed by atoms with Crippen LogP contribution in [0.1, 0.15) is 26.3 Å². The summed E-state index contributed by atoms with van der Waals surface area (Å²) in [5.74, 6) is 0.486. The summed E-state index contributed by atoms with van der Waals surface area (Å²) >= 11 is 2.84. The first kappa shape index (κ1) is 16.8. The van der Waals surface area contributed by atoms with E-state index >= 15 is 0 Å². The van der Waals surface area contributed by atoms with Gasteiger partial charge in [0.1, 0.15) is 5.75 Å². The lowest BCUT2D eigenvalue weighted by molar-refractivity contribution is -0.118. The van der Waals surface area contributed by atoms with Crippen LogP contribution in [0.5, 0.6) is 5.75 Å². The van der Waals surface area contributed by atoms with Crippen LogP contribution in [0.15, 0.2) is 28.6 Å². The summed E-state index contributed by atoms with van der Waals surface area (Å²) in [7, 11) is 0. The van der Waals surface area contributed by atoms with Crippen molar-refractivity contribution in [1.82, 2.24) is 10.2 Å². The lowest BCUT2D eigenvalue weighted by Gasteiger charge is -2.22. The van der Waals surface area contributed by atoms with Crippen molar-refractivity contribution in [2.45, 2.75) is 30.5 Å². The number of carbonyl (C=O) groups excluding carboxylic acids is 1. The summed E-state index contributed by atoms with van der Waals surface area (Å²) in [6, 6.07) is 7.77. The number of nitrogens with one attached hydrogen (secondary N) is 1. The highest BCUT2D eigenvalue weighted by molar-refractivity contribution is 8.00. The average molecular weight is 337 g/mol. The summed E-state index contributed by atoms with van der Waals surface area (Å²) in [6.45, 7) is 6.28. The van der Waals surface area contributed by atoms with Crippen molar-refractivity contribution in [2.75, 3.05) is 18.2 Å². The van der Waals surface area contributed by atoms with Crippen LogP contribution in [0.2, 0.25) is 0 Å². The molecule has 22 heavy (non-hydrogen) atoms. The predicted molar refractivity (Wildman–Crippen MR) is 91.0 cm³/mol. The van der Waals surface area contributed by atoms with Crippen molar-refractivity contribution >= 4 is 34.1 Å². The molecule has 0 radical (unpaired) electrons. The van der Waals surface area contributed by atoms with Gasteiger partial charge >= 0.3 is 0 Å². The van der Waals surface area contributed by atoms with Crippen LogP contribution in [0, 0.1) is 0 Å². The van der Waals surface area contributed by atoms with Gasteiger partial charge in [-0.2, -0.15) is 0 Å². The SMILES string of the molecule is CSc1nnc(NC(=O)COc2ccccc2C(C)(C)C)s1. The maximum atomic E-state index is 11.9. The van der Waals surface area contributed by atoms with Gasteiger partial charge in [-0.15, -0.1) is 10.2 Å². The molecule has 1 aromatic carbocycles. The number of thioether (sulfide) groups is 1. The van der Waals surface area contributed by atoms with Gasteiger partial charge in [0, 0.05) is 0 Å². The van der Waals surface area contributed by atoms with Gasteiger partial charge in [-0.1, -0.05) is 62.1 Å². The molecule has 1 aromatic heterocycles. The molecular weight excluding hydrogens is 318 g/mol. The zero-order chi connectivity index (χ0) is 16.2. The number of hydrogen-bond donors (Lipinski definition) is 1. The Labute approximate surface area is 138 Å². The van der Waals surface area contributed by atoms with E-state index in [1.807, 2.05) is 30.5 Å². The summed E-state index contributed by atoms with van der Waals surface area (Å²) in [6.07, 6.45) is 1.92. The Kier molecular flexibility index (Phi) is 5.42. The van der Waals surface area contributed by atoms with E-state index in [1.54, 1.807) is 0 Å². The zero-order valence-electron chi connectivity index (χ0n) is 13.0. The average Bonchev–Trinajstić information content (AvgIpc) is 2.92. The summed E-state index contributed by atoms with van der Waals surface area (Å²) in [4.78, 5) is 11.9. The van der Waals surface area contributed by atoms with E-state index in [4.69, 9.17) is 4.74 Å². The number of anilines is 1. The van der Waals surface area contributed by atoms with E-state index < -0.39 is 0 Å². The highest BCUT2D eigenvalue weighted by Gasteiger charge is 2.19. The van der Waals surface area contributed by atoms with E-state index in [2.05, 4.69) is 36.3 Å². The van der Waals surface area contributed by atoms with Gasteiger partial charge in [0.05, 0.1) is 0 Å². The van der Waals surface area contributed by atoms with Crippen LogP contribution in [0.3, 0.4) is 0 Å². The number of rotatable bonds is 5. The fourth-order valence-corrected chi connectivity index (χ4v) is 3.04. The van der Waals surface area contributed by atoms with Gasteiger partial charge in [0.15, 0.2) is 10.9 Å². The second kappa shape index (κ2) is 7.11. The van der Waals surface area contributed by atoms with Crippen molar-refractivity contribution in [3.63, 3.8) is 0 Å². The number of ether oxygens (including phenoxy) is 1. The summed E-state index contributed by atoms with van der Waals surface area (Å²) in [5.41, 5.74) is 1.03. The largest absolute Gasteiger partial charge is 0.483 e. The minimum absolute atomic E-state index is 0.0421. The molecule has 0 fully saturated rings. The molecule has 1 N–H and O–H groups in total. The molecular formula is C15H19N3O2S2. The second-order valence-corrected chi connectivity index (χ2v) is 7.69. The molecule has 2 aromatic rings. The van der Waals surface area contributed by atoms with E-state index in [9.17, 15) is 4.79 Å². The monoisotopic (exact) mass is 337 g/mol. The molecule has 7 heteroatoms. The first-order chi connectivity index (χ1) is 10.4. The summed E-state index contributed by atoms with van der Waals surface area (Å²) < 4.78 is 6.48. The minimum Gasteiger partial charge on any atom is -0.483 e. The number of hydrogen-bond acceptors (Lipinski definition) is 6. The lowest BCUT2D eigenvalue weighted by Crippen LogP contribution is -2.21. The Morgan fingerprint density at radius 3 is 2.68 bits per heavy atom. The van der Waals surface area contributed by atoms with Crippen LogP contribution >= 0.6 is 23.1 Å². The normalized spacial score (nSPS) is 11.3. The maximum absolute atomic E-state index is 11.9. The highest BCUT2D eigenvalue weighted by Crippen LogP contribution is 2.31. The number of carbonyl (C=O) groups is 1. The van der Waals surface area contributed by atoms with Crippen molar-refractivity contribution in [2.24, 2.45) is 0 Å². The standard InChI is InChI=1S/C15H19N3O2S2/c1-15(2,3)10-7-5-6-8-11(10)20-9-12(19)16-13-17-18-14(21-4)22-13/h5-8H,9H2,1-4H3,(H,16,17,19). The van der Waals surface area contributed by atoms with Gasteiger partial charge in [0.25, 0.3) is 5.91 Å². The number of aromatic nitrogens is 2. The van der Waals surface area contributed by atoms with Crippen molar-refractivity contribution in [1.29, 1.82) is 0 Å². The molecule has 1 heterocycles. The molecule has 0 aliphatic heterocycles. The third-order valence-corrected chi connectivity index (χ3v) is 4.70. The Hall–Kier alpha value is -1.60. The molecule has 0 bridgehead atoms. The van der Waals surface area contributed by atoms with Crippen LogP contribution in [-0.4, -0.2) is 29.0 Å². The molecule has 0 aliphatic carbocycles. The van der Waals surface area contributed by atoms with Crippen LogP contribution in [-0.2, 0) is 10.2 Å². The van der Waals surface area contributed by atoms with E-state index in [-0.39, 0.29) is 17.9 Å². The summed E-state index contributed by atoms with van der Waals surface area (Å²) in [5, 5.41) is 11.0. The van der Waals surface area contributed by atoms with Gasteiger partial charge in [0.2, 0.25) is 5.13 Å². The molecule has 1 amide bonds. The van der Waals surface area contributed by atoms with E-state index in [0.29, 0.717) is 5.13 Å². The van der Waals surface area contributed by atoms with E-state index in [1.165, 1.54) is 23.1 Å². The van der Waals surface area contributed by atoms with Gasteiger partial charge in [-0.3, -0.25) is 10.1 Å². The number of para-hydroxylation sites is 1. The number of benzene rings is 1. The van der Waals surface area contributed by atoms with Crippen molar-refractivity contribution in [3.05, 3.63) is 29.8 Å². The molecule has 0 aliphatic rings. The molecule has 0 saturated carbocycles. The smallest absolute Gasteiger partial charge is 0.264 e. The highest BCUT2D eigenvalue weighted by atomic mass is 32.2. The fraction of sp³-hybridized carbons (Fsp3) is 0.400. The molecule has 0 spiro atoms. The van der Waals surface area contributed by atoms with Crippen molar-refractivity contribution in [3.8, 4) is 5.75 Å². The molecule has 2 rings (SSSR count). The lowest BCUT2D eigenvalue weighted by atomic mass is 9.86. The predicted octanol–water partition coefficient (Wildman–Crippen LogP) is 3.58. The maximum Gasteiger partial charge on any atom is 0.264 e. The fourth-order valence-electron chi connectivity index (χ4n) is 1.85. The first-order valence-corrected chi connectivity index (χ1v) is 8.84. The third kappa shape index (κ3) is 4.45. The second-order valence-electron chi connectivity index (χ2n) is 5.66. The van der Waals surface area contributed by atoms with Gasteiger partial charge in [-0.25, -0.2) is 0 Å². The van der Waals surface area contributed by atoms with E-state index in [0.717, 1.165) is 15.7 Å². The molecule has 0 atom stereocenters. The van der Waals surface area contributed by atoms with Gasteiger partial charge in [-0.05, 0) is 23.3 Å². The van der Waals surface area contributed by atoms with Crippen LogP contribution in [0.25, 0.3) is 0 Å². The number of amides is 1. The Bertz CT molecular complexity index is 650. The zero-order valence-corrected chi connectivity index (χ0v) is 14.7. The Morgan fingerprint density at radius 2 is 2.05 bits per heavy atom. The van der Waals surface area contributed by atoms with Crippen molar-refractivity contribution < 1.29 is 9.53 Å². The van der Waals surface area contributed by atoms with Crippen LogP contribution < -0.4 is 10.1 Å². The van der Waals surface area contributed by atoms with Gasteiger partial charge < -0.3 is 4.74 Å². The van der Waals surface area contributed by atoms with Crippen LogP contribution in [0.4, 0.5) is 5.13 Å². The Balaban J connectivity index is 1.97. The first-order valence-electron chi connectivity index (χ1n) is 6.80. The molecule has 0 unspecified atom stereocenters. The third-order valence-electron chi connectivity index (χ3n) is 2.88. The quantitative estimate of drug-likeness (QED) is 0.667. The Morgan fingerprint density at radius 1 is 1.32 bits per heavy atom. The molecule has 0 saturated heterocycles. The molecule has 5 nitrogen and oxygen atoms in total. The number of nitrogens with zero attached hydrogens (tertiary/aromatic N) is 2. The topological polar surface area (TPSA) is 64.1 Å².